The third-order valence-corrected chi connectivity index (χ3v) is 7.15. The quantitative estimate of drug-likeness (QED) is 0.429. The van der Waals surface area contributed by atoms with Crippen molar-refractivity contribution in [1.29, 1.82) is 0 Å². The molecule has 2 fully saturated rings. The molecule has 0 bridgehead atoms. The molecule has 3 aliphatic rings. The second-order valence-electron chi connectivity index (χ2n) is 10.5. The van der Waals surface area contributed by atoms with E-state index in [0.29, 0.717) is 31.6 Å². The lowest BCUT2D eigenvalue weighted by Gasteiger charge is -2.36. The van der Waals surface area contributed by atoms with E-state index in [1.165, 1.54) is 6.92 Å². The Morgan fingerprint density at radius 2 is 1.97 bits per heavy atom. The van der Waals surface area contributed by atoms with Gasteiger partial charge in [0.25, 0.3) is 0 Å². The minimum atomic E-state index is -0.333. The van der Waals surface area contributed by atoms with Gasteiger partial charge in [0.05, 0.1) is 12.5 Å². The van der Waals surface area contributed by atoms with Crippen LogP contribution < -0.4 is 9.47 Å². The molecule has 0 amide bonds. The molecule has 34 heavy (non-hydrogen) atoms. The van der Waals surface area contributed by atoms with Gasteiger partial charge in [0.1, 0.15) is 23.2 Å². The highest BCUT2D eigenvalue weighted by atomic mass is 16.7. The molecule has 3 unspecified atom stereocenters. The molecule has 1 aromatic carbocycles. The van der Waals surface area contributed by atoms with Crippen LogP contribution in [0.3, 0.4) is 0 Å². The maximum Gasteiger partial charge on any atom is 0.308 e. The summed E-state index contributed by atoms with van der Waals surface area (Å²) >= 11 is 0. The Hall–Kier alpha value is -2.12. The first kappa shape index (κ1) is 25.0. The number of benzene rings is 1. The van der Waals surface area contributed by atoms with Gasteiger partial charge in [0, 0.05) is 31.1 Å². The topological polar surface area (TPSA) is 80.3 Å². The molecule has 3 heterocycles. The second kappa shape index (κ2) is 10.2. The molecular weight excluding hydrogens is 436 g/mol. The van der Waals surface area contributed by atoms with Crippen LogP contribution in [0.25, 0.3) is 0 Å². The van der Waals surface area contributed by atoms with Crippen LogP contribution in [0.1, 0.15) is 88.0 Å². The summed E-state index contributed by atoms with van der Waals surface area (Å²) in [5, 5.41) is 0. The summed E-state index contributed by atoms with van der Waals surface area (Å²) in [5.74, 6) is 0.964. The van der Waals surface area contributed by atoms with Crippen LogP contribution >= 0.6 is 0 Å². The van der Waals surface area contributed by atoms with Crippen molar-refractivity contribution in [1.82, 2.24) is 0 Å². The van der Waals surface area contributed by atoms with Crippen LogP contribution in [-0.4, -0.2) is 42.6 Å². The maximum absolute atomic E-state index is 12.3. The minimum Gasteiger partial charge on any atom is -0.487 e. The predicted molar refractivity (Wildman–Crippen MR) is 126 cm³/mol. The first-order valence-electron chi connectivity index (χ1n) is 12.6. The Balaban J connectivity index is 1.53. The van der Waals surface area contributed by atoms with Crippen LogP contribution in [0.2, 0.25) is 0 Å². The monoisotopic (exact) mass is 474 g/mol. The van der Waals surface area contributed by atoms with Crippen LogP contribution in [0.5, 0.6) is 11.5 Å². The van der Waals surface area contributed by atoms with Crippen molar-refractivity contribution in [2.24, 2.45) is 0 Å². The van der Waals surface area contributed by atoms with Crippen LogP contribution in [0, 0.1) is 13.8 Å². The smallest absolute Gasteiger partial charge is 0.308 e. The van der Waals surface area contributed by atoms with E-state index >= 15 is 0 Å². The molecule has 1 aromatic rings. The van der Waals surface area contributed by atoms with Gasteiger partial charge in [-0.1, -0.05) is 0 Å². The van der Waals surface area contributed by atoms with Gasteiger partial charge in [-0.3, -0.25) is 9.59 Å². The fourth-order valence-electron chi connectivity index (χ4n) is 5.32. The van der Waals surface area contributed by atoms with Crippen molar-refractivity contribution in [2.45, 2.75) is 117 Å². The summed E-state index contributed by atoms with van der Waals surface area (Å²) in [6.07, 6.45) is 6.36. The summed E-state index contributed by atoms with van der Waals surface area (Å²) in [6, 6.07) is 0. The second-order valence-corrected chi connectivity index (χ2v) is 10.5. The van der Waals surface area contributed by atoms with Gasteiger partial charge in [-0.25, -0.2) is 0 Å². The molecular formula is C27H38O7. The molecule has 0 saturated carbocycles. The molecule has 3 atom stereocenters. The van der Waals surface area contributed by atoms with Gasteiger partial charge in [-0.05, 0) is 83.8 Å². The molecule has 0 radical (unpaired) electrons. The number of ether oxygens (including phenoxy) is 5. The lowest BCUT2D eigenvalue weighted by atomic mass is 9.86. The molecule has 3 aliphatic heterocycles. The number of esters is 2. The molecule has 0 N–H and O–H groups in total. The Kier molecular flexibility index (Phi) is 7.53. The SMILES string of the molecule is CC(=O)Oc1c(C)c(CCC2CC(OC3CCCCO3)CC(=O)O2)c2c(c1C)CCC(C)(C)O2. The highest BCUT2D eigenvalue weighted by molar-refractivity contribution is 5.72. The van der Waals surface area contributed by atoms with E-state index in [-0.39, 0.29) is 42.5 Å². The van der Waals surface area contributed by atoms with E-state index in [4.69, 9.17) is 23.7 Å². The zero-order valence-corrected chi connectivity index (χ0v) is 21.2. The Labute approximate surface area is 202 Å². The third-order valence-electron chi connectivity index (χ3n) is 7.15. The highest BCUT2D eigenvalue weighted by Crippen LogP contribution is 2.45. The summed E-state index contributed by atoms with van der Waals surface area (Å²) in [6.45, 7) is 10.3. The van der Waals surface area contributed by atoms with E-state index in [0.717, 1.165) is 60.1 Å². The van der Waals surface area contributed by atoms with Crippen molar-refractivity contribution < 1.29 is 33.3 Å². The lowest BCUT2D eigenvalue weighted by Crippen LogP contribution is -2.38. The molecule has 7 nitrogen and oxygen atoms in total. The van der Waals surface area contributed by atoms with Crippen molar-refractivity contribution in [2.75, 3.05) is 6.61 Å². The van der Waals surface area contributed by atoms with Gasteiger partial charge >= 0.3 is 11.9 Å². The number of hydrogen-bond acceptors (Lipinski definition) is 7. The van der Waals surface area contributed by atoms with Crippen molar-refractivity contribution in [3.8, 4) is 11.5 Å². The fraction of sp³-hybridized carbons (Fsp3) is 0.704. The first-order valence-corrected chi connectivity index (χ1v) is 12.6. The van der Waals surface area contributed by atoms with Crippen molar-refractivity contribution >= 4 is 11.9 Å². The maximum atomic E-state index is 12.3. The van der Waals surface area contributed by atoms with Gasteiger partial charge in [-0.2, -0.15) is 0 Å². The Bertz CT molecular complexity index is 930. The van der Waals surface area contributed by atoms with E-state index < -0.39 is 0 Å². The predicted octanol–water partition coefficient (Wildman–Crippen LogP) is 4.88. The summed E-state index contributed by atoms with van der Waals surface area (Å²) in [4.78, 5) is 24.1. The summed E-state index contributed by atoms with van der Waals surface area (Å²) in [7, 11) is 0. The van der Waals surface area contributed by atoms with Gasteiger partial charge in [0.2, 0.25) is 0 Å². The molecule has 2 saturated heterocycles. The number of rotatable bonds is 6. The van der Waals surface area contributed by atoms with Crippen LogP contribution in [0.4, 0.5) is 0 Å². The summed E-state index contributed by atoms with van der Waals surface area (Å²) < 4.78 is 29.6. The standard InChI is InChI=1S/C27H38O7/c1-16-21(26-22(11-12-27(4,5)34-26)17(2)25(16)31-18(3)28)10-9-19-14-20(15-23(29)32-19)33-24-8-6-7-13-30-24/h19-20,24H,6-15H2,1-5H3. The van der Waals surface area contributed by atoms with Crippen molar-refractivity contribution in [3.63, 3.8) is 0 Å². The Morgan fingerprint density at radius 3 is 2.68 bits per heavy atom. The van der Waals surface area contributed by atoms with Crippen LogP contribution in [-0.2, 0) is 36.6 Å². The molecule has 0 spiro atoms. The molecule has 0 aromatic heterocycles. The third kappa shape index (κ3) is 5.74. The summed E-state index contributed by atoms with van der Waals surface area (Å²) in [5.41, 5.74) is 3.74. The fourth-order valence-corrected chi connectivity index (χ4v) is 5.32. The molecule has 4 rings (SSSR count). The zero-order chi connectivity index (χ0) is 24.5. The minimum absolute atomic E-state index is 0.186. The van der Waals surface area contributed by atoms with E-state index in [1.54, 1.807) is 0 Å². The normalized spacial score (nSPS) is 26.3. The van der Waals surface area contributed by atoms with Crippen molar-refractivity contribution in [3.05, 3.63) is 22.3 Å². The Morgan fingerprint density at radius 1 is 1.18 bits per heavy atom. The highest BCUT2D eigenvalue weighted by Gasteiger charge is 2.35. The lowest BCUT2D eigenvalue weighted by molar-refractivity contribution is -0.209. The van der Waals surface area contributed by atoms with E-state index in [1.807, 2.05) is 13.8 Å². The van der Waals surface area contributed by atoms with E-state index in [9.17, 15) is 9.59 Å². The first-order chi connectivity index (χ1) is 16.1. The van der Waals surface area contributed by atoms with Crippen LogP contribution in [0.15, 0.2) is 0 Å². The number of carbonyl (C=O) groups is 2. The molecule has 0 aliphatic carbocycles. The molecule has 188 valence electrons. The number of carbonyl (C=O) groups excluding carboxylic acids is 2. The van der Waals surface area contributed by atoms with Gasteiger partial charge in [-0.15, -0.1) is 0 Å². The zero-order valence-electron chi connectivity index (χ0n) is 21.2. The number of cyclic esters (lactones) is 1. The van der Waals surface area contributed by atoms with E-state index in [2.05, 4.69) is 13.8 Å². The largest absolute Gasteiger partial charge is 0.487 e. The average Bonchev–Trinajstić information content (AvgIpc) is 2.76. The number of hydrogen-bond donors (Lipinski definition) is 0. The molecule has 7 heteroatoms. The van der Waals surface area contributed by atoms with Gasteiger partial charge < -0.3 is 23.7 Å². The average molecular weight is 475 g/mol. The number of fused-ring (bicyclic) bond motifs is 1. The van der Waals surface area contributed by atoms with Gasteiger partial charge in [0.15, 0.2) is 6.29 Å².